The summed E-state index contributed by atoms with van der Waals surface area (Å²) in [6.45, 7) is 3.19. The van der Waals surface area contributed by atoms with Gasteiger partial charge in [0.15, 0.2) is 6.61 Å². The fourth-order valence-corrected chi connectivity index (χ4v) is 3.06. The van der Waals surface area contributed by atoms with Gasteiger partial charge in [-0.2, -0.15) is 0 Å². The second kappa shape index (κ2) is 9.73. The number of nitrogens with one attached hydrogen (secondary N) is 1. The molecule has 1 N–H and O–H groups in total. The summed E-state index contributed by atoms with van der Waals surface area (Å²) in [5.74, 6) is -0.0626. The summed E-state index contributed by atoms with van der Waals surface area (Å²) in [7, 11) is 0. The highest BCUT2D eigenvalue weighted by molar-refractivity contribution is 6.04. The van der Waals surface area contributed by atoms with Crippen molar-refractivity contribution in [2.24, 2.45) is 0 Å². The van der Waals surface area contributed by atoms with Crippen molar-refractivity contribution in [2.75, 3.05) is 25.1 Å². The number of carbonyl (C=O) groups excluding carboxylic acids is 3. The largest absolute Gasteiger partial charge is 0.482 e. The number of hydrogen-bond donors (Lipinski definition) is 1. The van der Waals surface area contributed by atoms with Crippen molar-refractivity contribution >= 4 is 23.5 Å². The summed E-state index contributed by atoms with van der Waals surface area (Å²) in [4.78, 5) is 37.4. The summed E-state index contributed by atoms with van der Waals surface area (Å²) in [6, 6.07) is 14.0. The van der Waals surface area contributed by atoms with Crippen LogP contribution in [0.1, 0.15) is 35.7 Å². The van der Waals surface area contributed by atoms with Crippen LogP contribution in [0.5, 0.6) is 5.75 Å². The Hall–Kier alpha value is -3.35. The zero-order valence-electron chi connectivity index (χ0n) is 16.3. The van der Waals surface area contributed by atoms with Crippen LogP contribution < -0.4 is 10.1 Å². The zero-order chi connectivity index (χ0) is 20.6. The number of likely N-dealkylation sites (tertiary alicyclic amines) is 1. The standard InChI is InChI=1S/C22H24N2O5/c1-2-28-21(26)15-29-19-6-3-5-18(13-19)23-22(27)17-10-8-16(9-11-17)14-24-12-4-7-20(24)25/h3,5-6,8-11,13H,2,4,7,12,14-15H2,1H3,(H,23,27). The number of nitrogens with zero attached hydrogens (tertiary/aromatic N) is 1. The molecule has 2 amide bonds. The van der Waals surface area contributed by atoms with Gasteiger partial charge in [-0.05, 0) is 43.2 Å². The third-order valence-electron chi connectivity index (χ3n) is 4.51. The number of rotatable bonds is 8. The number of benzene rings is 2. The van der Waals surface area contributed by atoms with Gasteiger partial charge < -0.3 is 19.7 Å². The first-order chi connectivity index (χ1) is 14.0. The molecule has 0 bridgehead atoms. The van der Waals surface area contributed by atoms with E-state index in [4.69, 9.17) is 9.47 Å². The van der Waals surface area contributed by atoms with Crippen LogP contribution in [-0.2, 0) is 20.9 Å². The van der Waals surface area contributed by atoms with Gasteiger partial charge in [-0.15, -0.1) is 0 Å². The van der Waals surface area contributed by atoms with Crippen LogP contribution >= 0.6 is 0 Å². The van der Waals surface area contributed by atoms with Crippen molar-refractivity contribution < 1.29 is 23.9 Å². The first-order valence-corrected chi connectivity index (χ1v) is 9.61. The van der Waals surface area contributed by atoms with Gasteiger partial charge in [0.25, 0.3) is 5.91 Å². The molecule has 0 spiro atoms. The molecule has 2 aromatic rings. The maximum Gasteiger partial charge on any atom is 0.344 e. The monoisotopic (exact) mass is 396 g/mol. The van der Waals surface area contributed by atoms with E-state index < -0.39 is 5.97 Å². The SMILES string of the molecule is CCOC(=O)COc1cccc(NC(=O)c2ccc(CN3CCCC3=O)cc2)c1. The third kappa shape index (κ3) is 5.81. The molecule has 7 nitrogen and oxygen atoms in total. The average Bonchev–Trinajstić information content (AvgIpc) is 3.12. The molecule has 152 valence electrons. The lowest BCUT2D eigenvalue weighted by Gasteiger charge is -2.15. The van der Waals surface area contributed by atoms with E-state index in [1.54, 1.807) is 43.3 Å². The molecule has 1 heterocycles. The third-order valence-corrected chi connectivity index (χ3v) is 4.51. The fraction of sp³-hybridized carbons (Fsp3) is 0.318. The highest BCUT2D eigenvalue weighted by atomic mass is 16.6. The summed E-state index contributed by atoms with van der Waals surface area (Å²) in [5, 5.41) is 2.81. The first kappa shape index (κ1) is 20.4. The van der Waals surface area contributed by atoms with Crippen molar-refractivity contribution in [2.45, 2.75) is 26.3 Å². The van der Waals surface area contributed by atoms with Crippen LogP contribution in [0.25, 0.3) is 0 Å². The Balaban J connectivity index is 1.56. The van der Waals surface area contributed by atoms with Gasteiger partial charge >= 0.3 is 5.97 Å². The molecule has 2 aromatic carbocycles. The minimum absolute atomic E-state index is 0.178. The molecule has 1 aliphatic heterocycles. The summed E-state index contributed by atoms with van der Waals surface area (Å²) in [5.41, 5.74) is 2.06. The van der Waals surface area contributed by atoms with Crippen LogP contribution in [0.4, 0.5) is 5.69 Å². The van der Waals surface area contributed by atoms with E-state index in [1.807, 2.05) is 17.0 Å². The maximum atomic E-state index is 12.5. The Morgan fingerprint density at radius 2 is 1.93 bits per heavy atom. The van der Waals surface area contributed by atoms with E-state index in [-0.39, 0.29) is 18.4 Å². The van der Waals surface area contributed by atoms with Crippen molar-refractivity contribution in [3.63, 3.8) is 0 Å². The molecule has 0 aromatic heterocycles. The maximum absolute atomic E-state index is 12.5. The molecule has 3 rings (SSSR count). The molecule has 1 saturated heterocycles. The van der Waals surface area contributed by atoms with Gasteiger partial charge in [0.05, 0.1) is 6.61 Å². The van der Waals surface area contributed by atoms with Crippen LogP contribution in [0, 0.1) is 0 Å². The quantitative estimate of drug-likeness (QED) is 0.694. The van der Waals surface area contributed by atoms with Crippen molar-refractivity contribution in [1.82, 2.24) is 4.90 Å². The van der Waals surface area contributed by atoms with Crippen LogP contribution in [0.3, 0.4) is 0 Å². The Kier molecular flexibility index (Phi) is 6.84. The number of anilines is 1. The van der Waals surface area contributed by atoms with Gasteiger partial charge in [0, 0.05) is 36.8 Å². The van der Waals surface area contributed by atoms with Crippen LogP contribution in [-0.4, -0.2) is 42.4 Å². The minimum Gasteiger partial charge on any atom is -0.482 e. The molecule has 0 atom stereocenters. The molecule has 0 saturated carbocycles. The Morgan fingerprint density at radius 3 is 2.62 bits per heavy atom. The Morgan fingerprint density at radius 1 is 1.14 bits per heavy atom. The summed E-state index contributed by atoms with van der Waals surface area (Å²) in [6.07, 6.45) is 1.52. The van der Waals surface area contributed by atoms with E-state index in [0.717, 1.165) is 18.5 Å². The molecule has 29 heavy (non-hydrogen) atoms. The van der Waals surface area contributed by atoms with Crippen molar-refractivity contribution in [1.29, 1.82) is 0 Å². The lowest BCUT2D eigenvalue weighted by molar-refractivity contribution is -0.145. The first-order valence-electron chi connectivity index (χ1n) is 9.61. The fourth-order valence-electron chi connectivity index (χ4n) is 3.06. The van der Waals surface area contributed by atoms with Crippen molar-refractivity contribution in [3.8, 4) is 5.75 Å². The second-order valence-electron chi connectivity index (χ2n) is 6.69. The smallest absolute Gasteiger partial charge is 0.344 e. The summed E-state index contributed by atoms with van der Waals surface area (Å²) < 4.78 is 10.2. The molecule has 7 heteroatoms. The highest BCUT2D eigenvalue weighted by Gasteiger charge is 2.20. The number of carbonyl (C=O) groups is 3. The Bertz CT molecular complexity index is 879. The molecule has 1 aliphatic rings. The molecule has 0 unspecified atom stereocenters. The highest BCUT2D eigenvalue weighted by Crippen LogP contribution is 2.19. The van der Waals surface area contributed by atoms with Crippen molar-refractivity contribution in [3.05, 3.63) is 59.7 Å². The van der Waals surface area contributed by atoms with Gasteiger partial charge in [-0.1, -0.05) is 18.2 Å². The Labute approximate surface area is 169 Å². The zero-order valence-corrected chi connectivity index (χ0v) is 16.3. The normalized spacial score (nSPS) is 13.3. The van der Waals surface area contributed by atoms with Gasteiger partial charge in [-0.3, -0.25) is 9.59 Å². The molecular weight excluding hydrogens is 372 g/mol. The summed E-state index contributed by atoms with van der Waals surface area (Å²) >= 11 is 0. The lowest BCUT2D eigenvalue weighted by atomic mass is 10.1. The van der Waals surface area contributed by atoms with Gasteiger partial charge in [0.2, 0.25) is 5.91 Å². The molecular formula is C22H24N2O5. The lowest BCUT2D eigenvalue weighted by Crippen LogP contribution is -2.23. The second-order valence-corrected chi connectivity index (χ2v) is 6.69. The average molecular weight is 396 g/mol. The minimum atomic E-state index is -0.447. The number of hydrogen-bond acceptors (Lipinski definition) is 5. The predicted molar refractivity (Wildman–Crippen MR) is 108 cm³/mol. The van der Waals surface area contributed by atoms with E-state index in [0.29, 0.717) is 36.6 Å². The van der Waals surface area contributed by atoms with Crippen LogP contribution in [0.2, 0.25) is 0 Å². The number of ether oxygens (including phenoxy) is 2. The number of amides is 2. The van der Waals surface area contributed by atoms with Crippen LogP contribution in [0.15, 0.2) is 48.5 Å². The van der Waals surface area contributed by atoms with Gasteiger partial charge in [0.1, 0.15) is 5.75 Å². The van der Waals surface area contributed by atoms with E-state index in [9.17, 15) is 14.4 Å². The van der Waals surface area contributed by atoms with E-state index in [1.165, 1.54) is 0 Å². The van der Waals surface area contributed by atoms with E-state index in [2.05, 4.69) is 5.32 Å². The molecule has 1 fully saturated rings. The van der Waals surface area contributed by atoms with Gasteiger partial charge in [-0.25, -0.2) is 4.79 Å². The molecule has 0 aliphatic carbocycles. The predicted octanol–water partition coefficient (Wildman–Crippen LogP) is 3.00. The molecule has 0 radical (unpaired) electrons. The number of esters is 1. The topological polar surface area (TPSA) is 84.9 Å². The van der Waals surface area contributed by atoms with E-state index >= 15 is 0 Å².